The lowest BCUT2D eigenvalue weighted by Gasteiger charge is -2.32. The number of barbiturate groups is 1. The van der Waals surface area contributed by atoms with Gasteiger partial charge in [-0.3, -0.25) is 24.2 Å². The Hall–Kier alpha value is -2.74. The molecule has 0 N–H and O–H groups in total. The Kier molecular flexibility index (Phi) is 4.30. The Labute approximate surface area is 148 Å². The zero-order valence-electron chi connectivity index (χ0n) is 13.5. The predicted octanol–water partition coefficient (Wildman–Crippen LogP) is 1.27. The molecule has 1 aromatic rings. The summed E-state index contributed by atoms with van der Waals surface area (Å²) in [5.41, 5.74) is 1.04. The molecule has 2 aliphatic heterocycles. The van der Waals surface area contributed by atoms with E-state index in [2.05, 4.69) is 5.10 Å². The molecular weight excluding hydrogens is 348 g/mol. The van der Waals surface area contributed by atoms with Gasteiger partial charge in [0, 0.05) is 25.5 Å². The van der Waals surface area contributed by atoms with Gasteiger partial charge in [0.15, 0.2) is 5.92 Å². The molecule has 1 atom stereocenters. The van der Waals surface area contributed by atoms with Crippen LogP contribution in [0.25, 0.3) is 0 Å². The number of rotatable bonds is 3. The normalized spacial score (nSPS) is 21.9. The van der Waals surface area contributed by atoms with E-state index in [4.69, 9.17) is 11.6 Å². The minimum absolute atomic E-state index is 0.221. The van der Waals surface area contributed by atoms with E-state index < -0.39 is 29.8 Å². The van der Waals surface area contributed by atoms with Crippen LogP contribution in [0.4, 0.5) is 4.79 Å². The summed E-state index contributed by atoms with van der Waals surface area (Å²) >= 11 is 5.88. The molecule has 0 bridgehead atoms. The summed E-state index contributed by atoms with van der Waals surface area (Å²) in [4.78, 5) is 49.8. The van der Waals surface area contributed by atoms with Crippen LogP contribution in [0.2, 0.25) is 5.02 Å². The van der Waals surface area contributed by atoms with Gasteiger partial charge < -0.3 is 0 Å². The second-order valence-corrected chi connectivity index (χ2v) is 6.29. The van der Waals surface area contributed by atoms with Crippen LogP contribution in [0.5, 0.6) is 0 Å². The van der Waals surface area contributed by atoms with Gasteiger partial charge in [0.25, 0.3) is 0 Å². The molecule has 9 heteroatoms. The number of nitrogens with zero attached hydrogens (tertiary/aromatic N) is 4. The SMILES string of the molecule is CN1C(=O)C(C2=NN(C=O)C(c3ccc(Cl)cc3)C2)C(=O)N(C)C1=O. The maximum absolute atomic E-state index is 12.4. The molecule has 5 amide bonds. The zero-order valence-corrected chi connectivity index (χ0v) is 14.3. The molecule has 0 aromatic heterocycles. The Morgan fingerprint density at radius 2 is 1.64 bits per heavy atom. The number of hydrogen-bond acceptors (Lipinski definition) is 5. The zero-order chi connectivity index (χ0) is 18.3. The third-order valence-corrected chi connectivity index (χ3v) is 4.64. The van der Waals surface area contributed by atoms with E-state index in [9.17, 15) is 19.2 Å². The van der Waals surface area contributed by atoms with Crippen LogP contribution in [0.3, 0.4) is 0 Å². The molecule has 1 saturated heterocycles. The van der Waals surface area contributed by atoms with Gasteiger partial charge in [-0.2, -0.15) is 5.10 Å². The number of hydrogen-bond donors (Lipinski definition) is 0. The third kappa shape index (κ3) is 2.78. The average molecular weight is 363 g/mol. The van der Waals surface area contributed by atoms with E-state index in [1.54, 1.807) is 24.3 Å². The molecule has 130 valence electrons. The maximum Gasteiger partial charge on any atom is 0.332 e. The molecular formula is C16H15ClN4O4. The highest BCUT2D eigenvalue weighted by Crippen LogP contribution is 2.33. The van der Waals surface area contributed by atoms with Crippen molar-refractivity contribution in [1.82, 2.24) is 14.8 Å². The molecule has 1 fully saturated rings. The van der Waals surface area contributed by atoms with Crippen LogP contribution in [0.15, 0.2) is 29.4 Å². The largest absolute Gasteiger partial charge is 0.332 e. The summed E-state index contributed by atoms with van der Waals surface area (Å²) in [6.45, 7) is 0. The summed E-state index contributed by atoms with van der Waals surface area (Å²) in [5.74, 6) is -2.49. The first-order chi connectivity index (χ1) is 11.8. The summed E-state index contributed by atoms with van der Waals surface area (Å²) in [5, 5.41) is 5.88. The molecule has 1 unspecified atom stereocenters. The van der Waals surface area contributed by atoms with Gasteiger partial charge in [0.2, 0.25) is 18.2 Å². The summed E-state index contributed by atoms with van der Waals surface area (Å²) in [6.07, 6.45) is 0.765. The van der Waals surface area contributed by atoms with Crippen LogP contribution in [-0.4, -0.2) is 58.9 Å². The molecule has 2 heterocycles. The van der Waals surface area contributed by atoms with E-state index in [0.29, 0.717) is 11.4 Å². The van der Waals surface area contributed by atoms with Gasteiger partial charge in [-0.15, -0.1) is 0 Å². The van der Waals surface area contributed by atoms with Crippen molar-refractivity contribution in [3.63, 3.8) is 0 Å². The van der Waals surface area contributed by atoms with Crippen molar-refractivity contribution in [2.45, 2.75) is 12.5 Å². The van der Waals surface area contributed by atoms with Crippen LogP contribution < -0.4 is 0 Å². The standard InChI is InChI=1S/C16H15ClN4O4/c1-19-14(23)13(15(24)20(2)16(19)25)11-7-12(21(8-22)18-11)9-3-5-10(17)6-4-9/h3-6,8,12-13H,7H2,1-2H3. The van der Waals surface area contributed by atoms with Crippen molar-refractivity contribution >= 4 is 41.6 Å². The first-order valence-corrected chi connectivity index (χ1v) is 7.88. The van der Waals surface area contributed by atoms with Gasteiger partial charge in [0.1, 0.15) is 0 Å². The van der Waals surface area contributed by atoms with Crippen LogP contribution >= 0.6 is 11.6 Å². The number of amides is 5. The first kappa shape index (κ1) is 17.1. The van der Waals surface area contributed by atoms with E-state index in [-0.39, 0.29) is 12.1 Å². The number of imide groups is 2. The van der Waals surface area contributed by atoms with E-state index in [0.717, 1.165) is 15.4 Å². The van der Waals surface area contributed by atoms with Crippen molar-refractivity contribution in [3.8, 4) is 0 Å². The fraction of sp³-hybridized carbons (Fsp3) is 0.312. The lowest BCUT2D eigenvalue weighted by molar-refractivity contribution is -0.144. The molecule has 0 saturated carbocycles. The van der Waals surface area contributed by atoms with Crippen molar-refractivity contribution in [2.24, 2.45) is 11.0 Å². The molecule has 8 nitrogen and oxygen atoms in total. The van der Waals surface area contributed by atoms with Crippen molar-refractivity contribution in [2.75, 3.05) is 14.1 Å². The summed E-state index contributed by atoms with van der Waals surface area (Å²) < 4.78 is 0. The number of benzene rings is 1. The van der Waals surface area contributed by atoms with Crippen LogP contribution in [0, 0.1) is 5.92 Å². The van der Waals surface area contributed by atoms with Crippen molar-refractivity contribution in [1.29, 1.82) is 0 Å². The molecule has 0 spiro atoms. The monoisotopic (exact) mass is 362 g/mol. The fourth-order valence-electron chi connectivity index (χ4n) is 2.97. The molecule has 2 aliphatic rings. The maximum atomic E-state index is 12.4. The van der Waals surface area contributed by atoms with Crippen molar-refractivity contribution in [3.05, 3.63) is 34.9 Å². The number of urea groups is 1. The second kappa shape index (κ2) is 6.29. The van der Waals surface area contributed by atoms with Gasteiger partial charge >= 0.3 is 6.03 Å². The lowest BCUT2D eigenvalue weighted by Crippen LogP contribution is -2.58. The smallest absolute Gasteiger partial charge is 0.277 e. The number of carbonyl (C=O) groups is 4. The highest BCUT2D eigenvalue weighted by atomic mass is 35.5. The Bertz CT molecular complexity index is 768. The van der Waals surface area contributed by atoms with Crippen LogP contribution in [-0.2, 0) is 14.4 Å². The minimum Gasteiger partial charge on any atom is -0.277 e. The Balaban J connectivity index is 1.91. The molecule has 25 heavy (non-hydrogen) atoms. The van der Waals surface area contributed by atoms with Gasteiger partial charge in [0.05, 0.1) is 11.8 Å². The quantitative estimate of drug-likeness (QED) is 0.598. The molecule has 0 aliphatic carbocycles. The average Bonchev–Trinajstić information content (AvgIpc) is 3.03. The fourth-order valence-corrected chi connectivity index (χ4v) is 3.10. The van der Waals surface area contributed by atoms with E-state index in [1.807, 2.05) is 0 Å². The van der Waals surface area contributed by atoms with Crippen LogP contribution in [0.1, 0.15) is 18.0 Å². The van der Waals surface area contributed by atoms with Gasteiger partial charge in [-0.25, -0.2) is 9.80 Å². The molecule has 3 rings (SSSR count). The number of hydrazone groups is 1. The summed E-state index contributed by atoms with van der Waals surface area (Å²) in [7, 11) is 2.62. The highest BCUT2D eigenvalue weighted by molar-refractivity contribution is 6.30. The first-order valence-electron chi connectivity index (χ1n) is 7.50. The minimum atomic E-state index is -1.20. The lowest BCUT2D eigenvalue weighted by atomic mass is 9.92. The number of carbonyl (C=O) groups excluding carboxylic acids is 4. The molecule has 0 radical (unpaired) electrons. The second-order valence-electron chi connectivity index (χ2n) is 5.86. The number of halogens is 1. The Morgan fingerprint density at radius 1 is 1.08 bits per heavy atom. The highest BCUT2D eigenvalue weighted by Gasteiger charge is 2.47. The van der Waals surface area contributed by atoms with Gasteiger partial charge in [-0.05, 0) is 17.7 Å². The van der Waals surface area contributed by atoms with Gasteiger partial charge in [-0.1, -0.05) is 23.7 Å². The van der Waals surface area contributed by atoms with Crippen molar-refractivity contribution < 1.29 is 19.2 Å². The van der Waals surface area contributed by atoms with E-state index >= 15 is 0 Å². The topological polar surface area (TPSA) is 90.4 Å². The van der Waals surface area contributed by atoms with E-state index in [1.165, 1.54) is 19.1 Å². The Morgan fingerprint density at radius 3 is 2.16 bits per heavy atom. The summed E-state index contributed by atoms with van der Waals surface area (Å²) in [6, 6.07) is 5.77. The molecule has 1 aromatic carbocycles. The third-order valence-electron chi connectivity index (χ3n) is 4.39. The predicted molar refractivity (Wildman–Crippen MR) is 88.6 cm³/mol.